The lowest BCUT2D eigenvalue weighted by atomic mass is 9.86. The van der Waals surface area contributed by atoms with Crippen molar-refractivity contribution in [2.24, 2.45) is 5.92 Å². The highest BCUT2D eigenvalue weighted by molar-refractivity contribution is 7.92. The fourth-order valence-electron chi connectivity index (χ4n) is 4.73. The standard InChI is InChI=1S/C28H22N2O5S/c31-27-21-9-2-4-11-23(21)35-28(32)26(27)25(18-12-13-18)19-7-5-8-20(16-19)30-36(33,34)24-15-14-17-6-1-3-10-22(17)29-24/h1-11,14-16,18,25,30-31H,12-13H2. The highest BCUT2D eigenvalue weighted by Crippen LogP contribution is 2.48. The Balaban J connectivity index is 1.38. The minimum atomic E-state index is -3.95. The van der Waals surface area contributed by atoms with Gasteiger partial charge in [-0.05, 0) is 66.8 Å². The van der Waals surface area contributed by atoms with E-state index in [0.29, 0.717) is 22.2 Å². The van der Waals surface area contributed by atoms with Crippen LogP contribution in [-0.4, -0.2) is 18.5 Å². The molecule has 1 aliphatic rings. The van der Waals surface area contributed by atoms with Crippen molar-refractivity contribution in [3.8, 4) is 5.75 Å². The van der Waals surface area contributed by atoms with Crippen LogP contribution in [0.25, 0.3) is 21.9 Å². The number of nitrogens with one attached hydrogen (secondary N) is 1. The third kappa shape index (κ3) is 3.99. The summed E-state index contributed by atoms with van der Waals surface area (Å²) < 4.78 is 34.4. The smallest absolute Gasteiger partial charge is 0.343 e. The molecule has 0 amide bonds. The highest BCUT2D eigenvalue weighted by Gasteiger charge is 2.38. The highest BCUT2D eigenvalue weighted by atomic mass is 32.2. The van der Waals surface area contributed by atoms with Crippen LogP contribution in [0.4, 0.5) is 5.69 Å². The van der Waals surface area contributed by atoms with Gasteiger partial charge in [-0.15, -0.1) is 0 Å². The van der Waals surface area contributed by atoms with Crippen LogP contribution < -0.4 is 10.3 Å². The zero-order valence-corrected chi connectivity index (χ0v) is 19.9. The van der Waals surface area contributed by atoms with Crippen molar-refractivity contribution in [2.45, 2.75) is 23.8 Å². The lowest BCUT2D eigenvalue weighted by Crippen LogP contribution is -2.17. The SMILES string of the molecule is O=c1oc2ccccc2c(O)c1C(c1cccc(NS(=O)(=O)c2ccc3ccccc3n2)c1)C1CC1. The fraction of sp³-hybridized carbons (Fsp3) is 0.143. The summed E-state index contributed by atoms with van der Waals surface area (Å²) in [7, 11) is -3.95. The van der Waals surface area contributed by atoms with Gasteiger partial charge in [0.1, 0.15) is 11.3 Å². The Morgan fingerprint density at radius 1 is 0.944 bits per heavy atom. The van der Waals surface area contributed by atoms with Gasteiger partial charge in [0.05, 0.1) is 16.5 Å². The monoisotopic (exact) mass is 498 g/mol. The molecule has 1 saturated carbocycles. The van der Waals surface area contributed by atoms with Crippen molar-refractivity contribution in [1.29, 1.82) is 0 Å². The molecule has 1 atom stereocenters. The van der Waals surface area contributed by atoms with Crippen LogP contribution in [0.3, 0.4) is 0 Å². The van der Waals surface area contributed by atoms with Gasteiger partial charge in [0, 0.05) is 17.0 Å². The van der Waals surface area contributed by atoms with E-state index in [9.17, 15) is 18.3 Å². The molecule has 1 aliphatic carbocycles. The number of anilines is 1. The van der Waals surface area contributed by atoms with Crippen molar-refractivity contribution >= 4 is 37.6 Å². The molecule has 1 unspecified atom stereocenters. The first-order valence-corrected chi connectivity index (χ1v) is 13.1. The number of aromatic nitrogens is 1. The van der Waals surface area contributed by atoms with E-state index in [4.69, 9.17) is 4.42 Å². The number of sulfonamides is 1. The van der Waals surface area contributed by atoms with Gasteiger partial charge in [0.15, 0.2) is 5.03 Å². The molecular weight excluding hydrogens is 476 g/mol. The van der Waals surface area contributed by atoms with Crippen LogP contribution in [0.5, 0.6) is 5.75 Å². The summed E-state index contributed by atoms with van der Waals surface area (Å²) in [5.41, 5.74) is 1.59. The van der Waals surface area contributed by atoms with Gasteiger partial charge in [-0.3, -0.25) is 4.72 Å². The Morgan fingerprint density at radius 2 is 1.72 bits per heavy atom. The summed E-state index contributed by atoms with van der Waals surface area (Å²) in [6, 6.07) is 24.3. The summed E-state index contributed by atoms with van der Waals surface area (Å²) in [6.07, 6.45) is 1.79. The van der Waals surface area contributed by atoms with E-state index in [0.717, 1.165) is 23.8 Å². The number of aromatic hydroxyl groups is 1. The van der Waals surface area contributed by atoms with E-state index < -0.39 is 21.6 Å². The second kappa shape index (κ2) is 8.49. The van der Waals surface area contributed by atoms with Crippen LogP contribution in [0, 0.1) is 5.92 Å². The maximum atomic E-state index is 13.1. The number of pyridine rings is 1. The zero-order valence-electron chi connectivity index (χ0n) is 19.1. The number of hydrogen-bond acceptors (Lipinski definition) is 6. The fourth-order valence-corrected chi connectivity index (χ4v) is 5.73. The van der Waals surface area contributed by atoms with Crippen molar-refractivity contribution < 1.29 is 17.9 Å². The van der Waals surface area contributed by atoms with E-state index in [1.165, 1.54) is 6.07 Å². The molecule has 3 aromatic carbocycles. The molecule has 180 valence electrons. The van der Waals surface area contributed by atoms with Crippen molar-refractivity contribution in [3.05, 3.63) is 106 Å². The topological polar surface area (TPSA) is 109 Å². The number of para-hydroxylation sites is 2. The number of rotatable bonds is 6. The first kappa shape index (κ1) is 22.3. The number of fused-ring (bicyclic) bond motifs is 2. The first-order chi connectivity index (χ1) is 17.4. The number of nitrogens with zero attached hydrogens (tertiary/aromatic N) is 1. The molecule has 0 radical (unpaired) electrons. The van der Waals surface area contributed by atoms with Gasteiger partial charge in [0.25, 0.3) is 10.0 Å². The lowest BCUT2D eigenvalue weighted by molar-refractivity contribution is 0.446. The van der Waals surface area contributed by atoms with Crippen molar-refractivity contribution in [3.63, 3.8) is 0 Å². The lowest BCUT2D eigenvalue weighted by Gasteiger charge is -2.19. The summed E-state index contributed by atoms with van der Waals surface area (Å²) in [4.78, 5) is 17.3. The second-order valence-electron chi connectivity index (χ2n) is 9.04. The first-order valence-electron chi connectivity index (χ1n) is 11.6. The van der Waals surface area contributed by atoms with E-state index >= 15 is 0 Å². The van der Waals surface area contributed by atoms with Crippen molar-refractivity contribution in [2.75, 3.05) is 4.72 Å². The molecule has 0 saturated heterocycles. The van der Waals surface area contributed by atoms with Crippen LogP contribution in [0.1, 0.15) is 29.9 Å². The normalized spacial score (nSPS) is 14.7. The van der Waals surface area contributed by atoms with Gasteiger partial charge in [0.2, 0.25) is 0 Å². The largest absolute Gasteiger partial charge is 0.507 e. The summed E-state index contributed by atoms with van der Waals surface area (Å²) in [5.74, 6) is -0.367. The maximum absolute atomic E-state index is 13.1. The zero-order chi connectivity index (χ0) is 24.9. The molecule has 7 nitrogen and oxygen atoms in total. The Bertz CT molecular complexity index is 1790. The molecule has 8 heteroatoms. The molecule has 0 aliphatic heterocycles. The van der Waals surface area contributed by atoms with Crippen LogP contribution >= 0.6 is 0 Å². The molecular formula is C28H22N2O5S. The van der Waals surface area contributed by atoms with Gasteiger partial charge in [-0.2, -0.15) is 8.42 Å². The molecule has 1 fully saturated rings. The third-order valence-corrected chi connectivity index (χ3v) is 7.85. The Morgan fingerprint density at radius 3 is 2.56 bits per heavy atom. The Labute approximate surface area is 207 Å². The average Bonchev–Trinajstić information content (AvgIpc) is 3.71. The van der Waals surface area contributed by atoms with Crippen LogP contribution in [-0.2, 0) is 10.0 Å². The number of hydrogen-bond donors (Lipinski definition) is 2. The predicted octanol–water partition coefficient (Wildman–Crippen LogP) is 5.39. The molecule has 2 aromatic heterocycles. The minimum Gasteiger partial charge on any atom is -0.507 e. The Hall–Kier alpha value is -4.17. The average molecular weight is 499 g/mol. The van der Waals surface area contributed by atoms with Gasteiger partial charge in [-0.1, -0.05) is 42.5 Å². The summed E-state index contributed by atoms with van der Waals surface area (Å²) in [5, 5.41) is 12.3. The molecule has 6 rings (SSSR count). The van der Waals surface area contributed by atoms with E-state index in [1.54, 1.807) is 60.7 Å². The molecule has 36 heavy (non-hydrogen) atoms. The summed E-state index contributed by atoms with van der Waals surface area (Å²) >= 11 is 0. The predicted molar refractivity (Wildman–Crippen MR) is 138 cm³/mol. The third-order valence-electron chi connectivity index (χ3n) is 6.57. The summed E-state index contributed by atoms with van der Waals surface area (Å²) in [6.45, 7) is 0. The van der Waals surface area contributed by atoms with E-state index in [2.05, 4.69) is 9.71 Å². The molecule has 2 N–H and O–H groups in total. The molecule has 2 heterocycles. The number of benzene rings is 3. The van der Waals surface area contributed by atoms with E-state index in [-0.39, 0.29) is 22.3 Å². The minimum absolute atomic E-state index is 0.0850. The quantitative estimate of drug-likeness (QED) is 0.304. The van der Waals surface area contributed by atoms with Crippen LogP contribution in [0.2, 0.25) is 0 Å². The molecule has 0 spiro atoms. The van der Waals surface area contributed by atoms with E-state index in [1.807, 2.05) is 18.2 Å². The maximum Gasteiger partial charge on any atom is 0.343 e. The Kier molecular flexibility index (Phi) is 5.26. The van der Waals surface area contributed by atoms with Gasteiger partial charge < -0.3 is 9.52 Å². The van der Waals surface area contributed by atoms with Gasteiger partial charge in [-0.25, -0.2) is 9.78 Å². The molecule has 0 bridgehead atoms. The van der Waals surface area contributed by atoms with Crippen LogP contribution in [0.15, 0.2) is 99.2 Å². The van der Waals surface area contributed by atoms with Crippen molar-refractivity contribution in [1.82, 2.24) is 4.98 Å². The molecule has 5 aromatic rings. The second-order valence-corrected chi connectivity index (χ2v) is 10.7. The van der Waals surface area contributed by atoms with Gasteiger partial charge >= 0.3 is 5.63 Å².